The fourth-order valence-corrected chi connectivity index (χ4v) is 3.97. The van der Waals surface area contributed by atoms with E-state index in [1.54, 1.807) is 37.3 Å². The number of nitrogens with zero attached hydrogens (tertiary/aromatic N) is 2. The summed E-state index contributed by atoms with van der Waals surface area (Å²) in [6.07, 6.45) is 3.45. The Morgan fingerprint density at radius 3 is 2.62 bits per heavy atom. The number of thioether (sulfide) groups is 1. The Balaban J connectivity index is 2.22. The van der Waals surface area contributed by atoms with Crippen LogP contribution in [0.4, 0.5) is 0 Å². The van der Waals surface area contributed by atoms with Gasteiger partial charge in [0.25, 0.3) is 0 Å². The van der Waals surface area contributed by atoms with Gasteiger partial charge in [0.15, 0.2) is 0 Å². The molecule has 1 aromatic carbocycles. The average Bonchev–Trinajstić information content (AvgIpc) is 3.17. The number of esters is 1. The molecule has 0 spiro atoms. The Morgan fingerprint density at radius 2 is 1.97 bits per heavy atom. The predicted molar refractivity (Wildman–Crippen MR) is 110 cm³/mol. The molecule has 1 aliphatic heterocycles. The van der Waals surface area contributed by atoms with E-state index >= 15 is 0 Å². The van der Waals surface area contributed by atoms with Gasteiger partial charge in [0.1, 0.15) is 11.1 Å². The molecule has 0 saturated heterocycles. The maximum atomic E-state index is 12.2. The minimum Gasteiger partial charge on any atom is -0.462 e. The SMILES string of the molecule is CCOC(=O)c1ccccc1/C(C#N)=C1C=C/C(=N/OS(=O)(=O)CCCOC)S/1. The maximum absolute atomic E-state index is 12.2. The first-order valence-corrected chi connectivity index (χ1v) is 11.1. The van der Waals surface area contributed by atoms with Crippen LogP contribution in [0.5, 0.6) is 0 Å². The summed E-state index contributed by atoms with van der Waals surface area (Å²) in [5.74, 6) is -0.742. The van der Waals surface area contributed by atoms with Gasteiger partial charge in [0.05, 0.1) is 23.5 Å². The van der Waals surface area contributed by atoms with E-state index in [0.717, 1.165) is 11.8 Å². The van der Waals surface area contributed by atoms with E-state index in [1.165, 1.54) is 13.2 Å². The third-order valence-corrected chi connectivity index (χ3v) is 5.70. The third-order valence-electron chi connectivity index (χ3n) is 3.63. The van der Waals surface area contributed by atoms with Crippen LogP contribution in [0.1, 0.15) is 29.3 Å². The van der Waals surface area contributed by atoms with Gasteiger partial charge in [-0.25, -0.2) is 4.79 Å². The highest BCUT2D eigenvalue weighted by Crippen LogP contribution is 2.35. The zero-order valence-corrected chi connectivity index (χ0v) is 17.6. The number of ether oxygens (including phenoxy) is 2. The molecule has 154 valence electrons. The van der Waals surface area contributed by atoms with Crippen LogP contribution >= 0.6 is 11.8 Å². The smallest absolute Gasteiger partial charge is 0.338 e. The molecule has 0 aromatic heterocycles. The number of methoxy groups -OCH3 is 1. The van der Waals surface area contributed by atoms with E-state index in [4.69, 9.17) is 9.47 Å². The molecule has 0 fully saturated rings. The number of benzene rings is 1. The van der Waals surface area contributed by atoms with Crippen LogP contribution in [0, 0.1) is 11.3 Å². The summed E-state index contributed by atoms with van der Waals surface area (Å²) in [7, 11) is -2.34. The highest BCUT2D eigenvalue weighted by molar-refractivity contribution is 8.18. The van der Waals surface area contributed by atoms with Gasteiger partial charge in [-0.05, 0) is 31.6 Å². The molecule has 1 aliphatic rings. The lowest BCUT2D eigenvalue weighted by Crippen LogP contribution is -2.10. The second-order valence-corrected chi connectivity index (χ2v) is 8.40. The van der Waals surface area contributed by atoms with Crippen molar-refractivity contribution in [2.45, 2.75) is 13.3 Å². The Labute approximate surface area is 173 Å². The predicted octanol–water partition coefficient (Wildman–Crippen LogP) is 3.10. The van der Waals surface area contributed by atoms with Crippen molar-refractivity contribution >= 4 is 38.5 Å². The van der Waals surface area contributed by atoms with Crippen molar-refractivity contribution in [1.82, 2.24) is 0 Å². The zero-order chi connectivity index (χ0) is 21.3. The molecule has 0 aliphatic carbocycles. The number of nitriles is 1. The zero-order valence-electron chi connectivity index (χ0n) is 16.0. The first-order valence-electron chi connectivity index (χ1n) is 8.67. The number of carbonyl (C=O) groups is 1. The quantitative estimate of drug-likeness (QED) is 0.251. The van der Waals surface area contributed by atoms with Crippen molar-refractivity contribution in [3.8, 4) is 6.07 Å². The Bertz CT molecular complexity index is 990. The molecule has 1 heterocycles. The number of oxime groups is 1. The molecule has 0 radical (unpaired) electrons. The van der Waals surface area contributed by atoms with Gasteiger partial charge in [-0.3, -0.25) is 4.28 Å². The van der Waals surface area contributed by atoms with Gasteiger partial charge in [-0.1, -0.05) is 35.1 Å². The topological polar surface area (TPSA) is 115 Å². The molecular formula is C19H20N2O6S2. The van der Waals surface area contributed by atoms with Gasteiger partial charge in [0, 0.05) is 24.2 Å². The average molecular weight is 437 g/mol. The summed E-state index contributed by atoms with van der Waals surface area (Å²) >= 11 is 1.07. The molecule has 10 heteroatoms. The lowest BCUT2D eigenvalue weighted by Gasteiger charge is -2.09. The molecule has 0 atom stereocenters. The number of carbonyl (C=O) groups excluding carboxylic acids is 1. The van der Waals surface area contributed by atoms with Crippen LogP contribution in [-0.4, -0.2) is 45.5 Å². The van der Waals surface area contributed by atoms with Crippen LogP contribution in [0.15, 0.2) is 46.5 Å². The number of hydrogen-bond acceptors (Lipinski definition) is 9. The highest BCUT2D eigenvalue weighted by atomic mass is 32.2. The maximum Gasteiger partial charge on any atom is 0.338 e. The highest BCUT2D eigenvalue weighted by Gasteiger charge is 2.21. The van der Waals surface area contributed by atoms with Crippen molar-refractivity contribution < 1.29 is 27.0 Å². The fraction of sp³-hybridized carbons (Fsp3) is 0.316. The number of rotatable bonds is 9. The third kappa shape index (κ3) is 6.45. The Hall–Kier alpha value is -2.61. The molecule has 0 unspecified atom stereocenters. The van der Waals surface area contributed by atoms with Gasteiger partial charge in [-0.2, -0.15) is 13.7 Å². The first kappa shape index (κ1) is 22.7. The summed E-state index contributed by atoms with van der Waals surface area (Å²) in [5, 5.41) is 13.6. The summed E-state index contributed by atoms with van der Waals surface area (Å²) < 4.78 is 38.1. The minimum atomic E-state index is -3.82. The van der Waals surface area contributed by atoms with E-state index in [-0.39, 0.29) is 28.5 Å². The summed E-state index contributed by atoms with van der Waals surface area (Å²) in [6.45, 7) is 2.21. The van der Waals surface area contributed by atoms with Gasteiger partial charge in [0.2, 0.25) is 0 Å². The number of hydrogen-bond donors (Lipinski definition) is 0. The lowest BCUT2D eigenvalue weighted by molar-refractivity contribution is 0.0526. The number of allylic oxidation sites excluding steroid dienone is 2. The monoisotopic (exact) mass is 436 g/mol. The van der Waals surface area contributed by atoms with Crippen molar-refractivity contribution in [2.24, 2.45) is 5.16 Å². The molecule has 0 bridgehead atoms. The van der Waals surface area contributed by atoms with Crippen LogP contribution < -0.4 is 0 Å². The van der Waals surface area contributed by atoms with Crippen molar-refractivity contribution in [2.75, 3.05) is 26.1 Å². The van der Waals surface area contributed by atoms with E-state index in [1.807, 2.05) is 0 Å². The summed E-state index contributed by atoms with van der Waals surface area (Å²) in [5.41, 5.74) is 0.952. The van der Waals surface area contributed by atoms with Crippen molar-refractivity contribution in [1.29, 1.82) is 5.26 Å². The van der Waals surface area contributed by atoms with E-state index in [2.05, 4.69) is 15.5 Å². The molecule has 1 aromatic rings. The van der Waals surface area contributed by atoms with Crippen LogP contribution in [0.3, 0.4) is 0 Å². The molecule has 29 heavy (non-hydrogen) atoms. The first-order chi connectivity index (χ1) is 13.9. The largest absolute Gasteiger partial charge is 0.462 e. The van der Waals surface area contributed by atoms with Crippen LogP contribution in [0.25, 0.3) is 5.57 Å². The van der Waals surface area contributed by atoms with Crippen molar-refractivity contribution in [3.63, 3.8) is 0 Å². The van der Waals surface area contributed by atoms with Crippen LogP contribution in [-0.2, 0) is 23.9 Å². The molecule has 0 saturated carbocycles. The van der Waals surface area contributed by atoms with E-state index in [9.17, 15) is 18.5 Å². The molecular weight excluding hydrogens is 416 g/mol. The molecule has 8 nitrogen and oxygen atoms in total. The molecule has 2 rings (SSSR count). The van der Waals surface area contributed by atoms with Crippen molar-refractivity contribution in [3.05, 3.63) is 52.4 Å². The normalized spacial score (nSPS) is 16.5. The minimum absolute atomic E-state index is 0.216. The summed E-state index contributed by atoms with van der Waals surface area (Å²) in [6, 6.07) is 8.73. The van der Waals surface area contributed by atoms with Crippen LogP contribution in [0.2, 0.25) is 0 Å². The lowest BCUT2D eigenvalue weighted by atomic mass is 10.00. The van der Waals surface area contributed by atoms with E-state index in [0.29, 0.717) is 23.5 Å². The Morgan fingerprint density at radius 1 is 1.24 bits per heavy atom. The van der Waals surface area contributed by atoms with Gasteiger partial charge >= 0.3 is 16.1 Å². The molecule has 0 N–H and O–H groups in total. The fourth-order valence-electron chi connectivity index (χ4n) is 2.36. The summed E-state index contributed by atoms with van der Waals surface area (Å²) in [4.78, 5) is 12.7. The van der Waals surface area contributed by atoms with Gasteiger partial charge in [-0.15, -0.1) is 0 Å². The van der Waals surface area contributed by atoms with E-state index < -0.39 is 16.1 Å². The second-order valence-electron chi connectivity index (χ2n) is 5.66. The second kappa shape index (κ2) is 10.8. The van der Waals surface area contributed by atoms with Gasteiger partial charge < -0.3 is 9.47 Å². The molecule has 0 amide bonds. The standard InChI is InChI=1S/C19H20N2O6S2/c1-3-26-19(22)15-8-5-4-7-14(15)16(13-20)17-9-10-18(28-17)21-27-29(23,24)12-6-11-25-2/h4-5,7-10H,3,6,11-12H2,1-2H3/b17-16-,21-18-. The Kier molecular flexibility index (Phi) is 8.45.